The monoisotopic (exact) mass is 209 g/mol. The van der Waals surface area contributed by atoms with Gasteiger partial charge in [-0.25, -0.2) is 0 Å². The average Bonchev–Trinajstić information content (AvgIpc) is 2.61. The number of fused-ring (bicyclic) bond motifs is 1. The first-order chi connectivity index (χ1) is 6.98. The van der Waals surface area contributed by atoms with E-state index in [2.05, 4.69) is 0 Å². The number of rotatable bonds is 2. The van der Waals surface area contributed by atoms with Crippen LogP contribution in [0.15, 0.2) is 18.2 Å². The highest BCUT2D eigenvalue weighted by atomic mass is 16.7. The van der Waals surface area contributed by atoms with Crippen LogP contribution < -0.4 is 15.2 Å². The fourth-order valence-electron chi connectivity index (χ4n) is 1.51. The molecular formula is C11H15NO3. The summed E-state index contributed by atoms with van der Waals surface area (Å²) in [5.74, 6) is 1.37. The number of hydrogen-bond donors (Lipinski definition) is 2. The van der Waals surface area contributed by atoms with Crippen molar-refractivity contribution in [3.05, 3.63) is 23.8 Å². The molecule has 4 heteroatoms. The number of hydrogen-bond acceptors (Lipinski definition) is 4. The largest absolute Gasteiger partial charge is 0.454 e. The molecule has 0 radical (unpaired) electrons. The first-order valence-electron chi connectivity index (χ1n) is 4.85. The van der Waals surface area contributed by atoms with Crippen molar-refractivity contribution in [1.29, 1.82) is 0 Å². The second kappa shape index (κ2) is 3.40. The van der Waals surface area contributed by atoms with Crippen LogP contribution in [0.4, 0.5) is 0 Å². The van der Waals surface area contributed by atoms with Crippen LogP contribution in [-0.2, 0) is 0 Å². The van der Waals surface area contributed by atoms with Crippen molar-refractivity contribution in [2.75, 3.05) is 6.79 Å². The number of nitrogens with two attached hydrogens (primary N) is 1. The SMILES string of the molecule is CC(C)(N)C(O)c1ccc2c(c1)OCO2. The Hall–Kier alpha value is -1.26. The maximum atomic E-state index is 9.97. The van der Waals surface area contributed by atoms with Gasteiger partial charge in [0.1, 0.15) is 0 Å². The van der Waals surface area contributed by atoms with E-state index in [0.29, 0.717) is 11.5 Å². The number of aliphatic hydroxyl groups is 1. The van der Waals surface area contributed by atoms with Gasteiger partial charge in [0, 0.05) is 5.54 Å². The van der Waals surface area contributed by atoms with Gasteiger partial charge in [0.05, 0.1) is 6.10 Å². The zero-order chi connectivity index (χ0) is 11.1. The predicted molar refractivity (Wildman–Crippen MR) is 55.8 cm³/mol. The highest BCUT2D eigenvalue weighted by Gasteiger charge is 2.26. The maximum absolute atomic E-state index is 9.97. The minimum atomic E-state index is -0.716. The van der Waals surface area contributed by atoms with Gasteiger partial charge in [-0.1, -0.05) is 6.07 Å². The summed E-state index contributed by atoms with van der Waals surface area (Å²) in [5.41, 5.74) is 5.90. The van der Waals surface area contributed by atoms with Gasteiger partial charge in [-0.3, -0.25) is 0 Å². The molecule has 82 valence electrons. The van der Waals surface area contributed by atoms with Crippen LogP contribution in [0.2, 0.25) is 0 Å². The second-order valence-electron chi connectivity index (χ2n) is 4.34. The van der Waals surface area contributed by atoms with Crippen molar-refractivity contribution < 1.29 is 14.6 Å². The van der Waals surface area contributed by atoms with E-state index in [1.807, 2.05) is 0 Å². The predicted octanol–water partition coefficient (Wildman–Crippen LogP) is 1.19. The molecular weight excluding hydrogens is 194 g/mol. The quantitative estimate of drug-likeness (QED) is 0.767. The highest BCUT2D eigenvalue weighted by Crippen LogP contribution is 2.35. The van der Waals surface area contributed by atoms with E-state index in [1.165, 1.54) is 0 Å². The minimum Gasteiger partial charge on any atom is -0.454 e. The summed E-state index contributed by atoms with van der Waals surface area (Å²) < 4.78 is 10.4. The molecule has 0 aromatic heterocycles. The first-order valence-corrected chi connectivity index (χ1v) is 4.85. The van der Waals surface area contributed by atoms with Crippen molar-refractivity contribution in [2.24, 2.45) is 5.73 Å². The molecule has 1 atom stereocenters. The van der Waals surface area contributed by atoms with Crippen LogP contribution >= 0.6 is 0 Å². The molecule has 0 bridgehead atoms. The molecule has 1 unspecified atom stereocenters. The summed E-state index contributed by atoms with van der Waals surface area (Å²) in [5, 5.41) is 9.97. The smallest absolute Gasteiger partial charge is 0.231 e. The Bertz CT molecular complexity index is 371. The Labute approximate surface area is 88.6 Å². The van der Waals surface area contributed by atoms with E-state index in [-0.39, 0.29) is 6.79 Å². The van der Waals surface area contributed by atoms with E-state index in [0.717, 1.165) is 5.56 Å². The molecule has 1 aromatic rings. The minimum absolute atomic E-state index is 0.237. The molecule has 1 aromatic carbocycles. The lowest BCUT2D eigenvalue weighted by Gasteiger charge is -2.26. The van der Waals surface area contributed by atoms with E-state index in [4.69, 9.17) is 15.2 Å². The standard InChI is InChI=1S/C11H15NO3/c1-11(2,12)10(13)7-3-4-8-9(5-7)15-6-14-8/h3-5,10,13H,6,12H2,1-2H3. The van der Waals surface area contributed by atoms with Gasteiger partial charge in [-0.2, -0.15) is 0 Å². The summed E-state index contributed by atoms with van der Waals surface area (Å²) in [4.78, 5) is 0. The molecule has 0 saturated carbocycles. The van der Waals surface area contributed by atoms with Gasteiger partial charge in [-0.15, -0.1) is 0 Å². The Morgan fingerprint density at radius 3 is 2.67 bits per heavy atom. The molecule has 0 spiro atoms. The molecule has 1 heterocycles. The van der Waals surface area contributed by atoms with Gasteiger partial charge in [0.25, 0.3) is 0 Å². The van der Waals surface area contributed by atoms with Crippen LogP contribution in [0.3, 0.4) is 0 Å². The Morgan fingerprint density at radius 1 is 1.33 bits per heavy atom. The molecule has 3 N–H and O–H groups in total. The van der Waals surface area contributed by atoms with Gasteiger partial charge in [-0.05, 0) is 31.5 Å². The Morgan fingerprint density at radius 2 is 2.00 bits per heavy atom. The molecule has 4 nitrogen and oxygen atoms in total. The molecule has 2 rings (SSSR count). The lowest BCUT2D eigenvalue weighted by molar-refractivity contribution is 0.104. The summed E-state index contributed by atoms with van der Waals surface area (Å²) >= 11 is 0. The van der Waals surface area contributed by atoms with Gasteiger partial charge >= 0.3 is 0 Å². The van der Waals surface area contributed by atoms with Crippen LogP contribution in [0.5, 0.6) is 11.5 Å². The van der Waals surface area contributed by atoms with Gasteiger partial charge in [0.15, 0.2) is 11.5 Å². The van der Waals surface area contributed by atoms with E-state index in [1.54, 1.807) is 32.0 Å². The van der Waals surface area contributed by atoms with Crippen LogP contribution in [0, 0.1) is 0 Å². The summed E-state index contributed by atoms with van der Waals surface area (Å²) in [6.45, 7) is 3.80. The third-order valence-corrected chi connectivity index (χ3v) is 2.42. The third-order valence-electron chi connectivity index (χ3n) is 2.42. The molecule has 0 amide bonds. The molecule has 1 aliphatic rings. The van der Waals surface area contributed by atoms with Gasteiger partial charge < -0.3 is 20.3 Å². The van der Waals surface area contributed by atoms with E-state index in [9.17, 15) is 5.11 Å². The summed E-state index contributed by atoms with van der Waals surface area (Å²) in [6, 6.07) is 5.35. The van der Waals surface area contributed by atoms with E-state index >= 15 is 0 Å². The molecule has 15 heavy (non-hydrogen) atoms. The number of benzene rings is 1. The zero-order valence-electron chi connectivity index (χ0n) is 8.86. The molecule has 0 fully saturated rings. The van der Waals surface area contributed by atoms with E-state index < -0.39 is 11.6 Å². The fourth-order valence-corrected chi connectivity index (χ4v) is 1.51. The molecule has 1 aliphatic heterocycles. The lowest BCUT2D eigenvalue weighted by Crippen LogP contribution is -2.39. The number of ether oxygens (including phenoxy) is 2. The maximum Gasteiger partial charge on any atom is 0.231 e. The first kappa shape index (κ1) is 10.3. The average molecular weight is 209 g/mol. The molecule has 0 saturated heterocycles. The Balaban J connectivity index is 2.31. The van der Waals surface area contributed by atoms with Crippen molar-refractivity contribution >= 4 is 0 Å². The lowest BCUT2D eigenvalue weighted by atomic mass is 9.92. The summed E-state index contributed by atoms with van der Waals surface area (Å²) in [7, 11) is 0. The Kier molecular flexibility index (Phi) is 2.32. The third kappa shape index (κ3) is 1.91. The fraction of sp³-hybridized carbons (Fsp3) is 0.455. The van der Waals surface area contributed by atoms with Crippen molar-refractivity contribution in [1.82, 2.24) is 0 Å². The summed E-state index contributed by atoms with van der Waals surface area (Å²) in [6.07, 6.45) is -0.716. The normalized spacial score (nSPS) is 16.5. The van der Waals surface area contributed by atoms with Crippen LogP contribution in [0.25, 0.3) is 0 Å². The highest BCUT2D eigenvalue weighted by molar-refractivity contribution is 5.45. The topological polar surface area (TPSA) is 64.7 Å². The molecule has 0 aliphatic carbocycles. The van der Waals surface area contributed by atoms with Crippen LogP contribution in [-0.4, -0.2) is 17.4 Å². The van der Waals surface area contributed by atoms with Gasteiger partial charge in [0.2, 0.25) is 6.79 Å². The van der Waals surface area contributed by atoms with Crippen molar-refractivity contribution in [3.63, 3.8) is 0 Å². The number of aliphatic hydroxyl groups excluding tert-OH is 1. The van der Waals surface area contributed by atoms with Crippen molar-refractivity contribution in [2.45, 2.75) is 25.5 Å². The zero-order valence-corrected chi connectivity index (χ0v) is 8.86. The van der Waals surface area contributed by atoms with Crippen molar-refractivity contribution in [3.8, 4) is 11.5 Å². The second-order valence-corrected chi connectivity index (χ2v) is 4.34. The van der Waals surface area contributed by atoms with Crippen LogP contribution in [0.1, 0.15) is 25.5 Å².